The normalized spacial score (nSPS) is 43.9. The molecule has 1 heteroatoms. The number of nitrogens with zero attached hydrogens (tertiary/aromatic N) is 1. The van der Waals surface area contributed by atoms with Crippen LogP contribution in [0.4, 0.5) is 0 Å². The molecule has 0 spiro atoms. The summed E-state index contributed by atoms with van der Waals surface area (Å²) in [6.07, 6.45) is 9.33. The number of rotatable bonds is 2. The lowest BCUT2D eigenvalue weighted by Crippen LogP contribution is -2.21. The largest absolute Gasteiger partial charge is 0.305 e. The molecule has 13 heavy (non-hydrogen) atoms. The summed E-state index contributed by atoms with van der Waals surface area (Å²) in [5, 5.41) is 0. The molecule has 0 heterocycles. The predicted octanol–water partition coefficient (Wildman–Crippen LogP) is 2.68. The van der Waals surface area contributed by atoms with Crippen molar-refractivity contribution < 1.29 is 0 Å². The monoisotopic (exact) mass is 179 g/mol. The van der Waals surface area contributed by atoms with Crippen LogP contribution < -0.4 is 0 Å². The summed E-state index contributed by atoms with van der Waals surface area (Å²) in [6.45, 7) is 4.05. The Balaban J connectivity index is 2.14. The van der Waals surface area contributed by atoms with Gasteiger partial charge in [-0.25, -0.2) is 0 Å². The van der Waals surface area contributed by atoms with Crippen LogP contribution in [0, 0.1) is 11.3 Å². The van der Waals surface area contributed by atoms with Gasteiger partial charge in [0.15, 0.2) is 0 Å². The first-order chi connectivity index (χ1) is 6.22. The minimum atomic E-state index is 0.500. The molecule has 2 fully saturated rings. The third kappa shape index (κ3) is 1.25. The van der Waals surface area contributed by atoms with E-state index in [9.17, 15) is 0 Å². The van der Waals surface area contributed by atoms with Crippen LogP contribution in [0.2, 0.25) is 0 Å². The molecule has 0 bridgehead atoms. The summed E-state index contributed by atoms with van der Waals surface area (Å²) in [7, 11) is 4.43. The van der Waals surface area contributed by atoms with E-state index in [1.165, 1.54) is 32.1 Å². The molecule has 0 radical (unpaired) electrons. The quantitative estimate of drug-likeness (QED) is 0.589. The molecule has 3 atom stereocenters. The molecule has 1 nitrogen and oxygen atoms in total. The van der Waals surface area contributed by atoms with Crippen LogP contribution in [-0.2, 0) is 0 Å². The Kier molecular flexibility index (Phi) is 2.23. The van der Waals surface area contributed by atoms with Gasteiger partial charge in [0.2, 0.25) is 0 Å². The highest BCUT2D eigenvalue weighted by molar-refractivity contribution is 5.23. The summed E-state index contributed by atoms with van der Waals surface area (Å²) in [6, 6.07) is 0.797. The van der Waals surface area contributed by atoms with Crippen LogP contribution in [-0.4, -0.2) is 25.0 Å². The van der Waals surface area contributed by atoms with Crippen molar-refractivity contribution in [3.05, 3.63) is 12.7 Å². The standard InChI is InChI=1S/C12H21N/c1-4-12-9-7-5-6-8-10(12)11(12)13(2)3/h4,10-11H,1,5-9H2,2-3H3/t10-,11-,12-/m0/s1. The molecule has 2 saturated carbocycles. The highest BCUT2D eigenvalue weighted by Crippen LogP contribution is 2.62. The summed E-state index contributed by atoms with van der Waals surface area (Å²) < 4.78 is 0. The fraction of sp³-hybridized carbons (Fsp3) is 0.833. The summed E-state index contributed by atoms with van der Waals surface area (Å²) in [4.78, 5) is 2.40. The van der Waals surface area contributed by atoms with Crippen molar-refractivity contribution in [2.75, 3.05) is 14.1 Å². The minimum absolute atomic E-state index is 0.500. The average Bonchev–Trinajstić information content (AvgIpc) is 2.72. The fourth-order valence-corrected chi connectivity index (χ4v) is 3.46. The third-order valence-corrected chi connectivity index (χ3v) is 4.07. The van der Waals surface area contributed by atoms with Gasteiger partial charge in [-0.3, -0.25) is 0 Å². The molecule has 0 N–H and O–H groups in total. The first kappa shape index (κ1) is 9.26. The molecular formula is C12H21N. The smallest absolute Gasteiger partial charge is 0.0220 e. The number of fused-ring (bicyclic) bond motifs is 1. The fourth-order valence-electron chi connectivity index (χ4n) is 3.46. The van der Waals surface area contributed by atoms with Crippen molar-refractivity contribution >= 4 is 0 Å². The second-order valence-corrected chi connectivity index (χ2v) is 4.93. The second kappa shape index (κ2) is 3.13. The minimum Gasteiger partial charge on any atom is -0.305 e. The van der Waals surface area contributed by atoms with Crippen molar-refractivity contribution in [3.63, 3.8) is 0 Å². The van der Waals surface area contributed by atoms with Crippen LogP contribution in [0.3, 0.4) is 0 Å². The lowest BCUT2D eigenvalue weighted by Gasteiger charge is -2.16. The van der Waals surface area contributed by atoms with E-state index in [4.69, 9.17) is 0 Å². The molecule has 2 aliphatic rings. The van der Waals surface area contributed by atoms with Gasteiger partial charge in [-0.05, 0) is 32.9 Å². The molecule has 0 aromatic carbocycles. The van der Waals surface area contributed by atoms with Crippen LogP contribution in [0.5, 0.6) is 0 Å². The number of hydrogen-bond acceptors (Lipinski definition) is 1. The highest BCUT2D eigenvalue weighted by Gasteiger charge is 2.62. The zero-order valence-corrected chi connectivity index (χ0v) is 8.92. The molecule has 2 aliphatic carbocycles. The van der Waals surface area contributed by atoms with Crippen LogP contribution in [0.25, 0.3) is 0 Å². The Labute approximate surface area is 81.8 Å². The van der Waals surface area contributed by atoms with E-state index in [2.05, 4.69) is 31.7 Å². The van der Waals surface area contributed by atoms with Crippen molar-refractivity contribution in [2.45, 2.75) is 38.1 Å². The molecule has 0 unspecified atom stereocenters. The molecule has 0 saturated heterocycles. The lowest BCUT2D eigenvalue weighted by atomic mass is 9.97. The molecule has 0 aromatic rings. The van der Waals surface area contributed by atoms with E-state index in [0.717, 1.165) is 12.0 Å². The first-order valence-electron chi connectivity index (χ1n) is 5.52. The average molecular weight is 179 g/mol. The Bertz CT molecular complexity index is 209. The van der Waals surface area contributed by atoms with Crippen molar-refractivity contribution in [1.29, 1.82) is 0 Å². The maximum absolute atomic E-state index is 4.05. The zero-order chi connectivity index (χ0) is 9.47. The van der Waals surface area contributed by atoms with Crippen LogP contribution in [0.1, 0.15) is 32.1 Å². The van der Waals surface area contributed by atoms with Gasteiger partial charge in [-0.1, -0.05) is 25.3 Å². The van der Waals surface area contributed by atoms with E-state index >= 15 is 0 Å². The Morgan fingerprint density at radius 3 is 2.69 bits per heavy atom. The van der Waals surface area contributed by atoms with Crippen LogP contribution in [0.15, 0.2) is 12.7 Å². The Morgan fingerprint density at radius 1 is 1.31 bits per heavy atom. The lowest BCUT2D eigenvalue weighted by molar-refractivity contribution is 0.331. The molecule has 74 valence electrons. The van der Waals surface area contributed by atoms with Gasteiger partial charge in [0.1, 0.15) is 0 Å². The van der Waals surface area contributed by atoms with Crippen molar-refractivity contribution in [2.24, 2.45) is 11.3 Å². The molecule has 2 rings (SSSR count). The van der Waals surface area contributed by atoms with E-state index in [0.29, 0.717) is 5.41 Å². The number of hydrogen-bond donors (Lipinski definition) is 0. The third-order valence-electron chi connectivity index (χ3n) is 4.07. The summed E-state index contributed by atoms with van der Waals surface area (Å²) >= 11 is 0. The molecule has 0 amide bonds. The zero-order valence-electron chi connectivity index (χ0n) is 8.92. The van der Waals surface area contributed by atoms with E-state index in [1.807, 2.05) is 0 Å². The van der Waals surface area contributed by atoms with E-state index < -0.39 is 0 Å². The maximum Gasteiger partial charge on any atom is 0.0220 e. The van der Waals surface area contributed by atoms with Gasteiger partial charge in [0.25, 0.3) is 0 Å². The predicted molar refractivity (Wildman–Crippen MR) is 56.7 cm³/mol. The first-order valence-corrected chi connectivity index (χ1v) is 5.52. The van der Waals surface area contributed by atoms with Crippen molar-refractivity contribution in [3.8, 4) is 0 Å². The van der Waals surface area contributed by atoms with Crippen LogP contribution >= 0.6 is 0 Å². The van der Waals surface area contributed by atoms with Gasteiger partial charge in [0.05, 0.1) is 0 Å². The highest BCUT2D eigenvalue weighted by atomic mass is 15.2. The Hall–Kier alpha value is -0.300. The molecular weight excluding hydrogens is 158 g/mol. The van der Waals surface area contributed by atoms with E-state index in [1.54, 1.807) is 0 Å². The Morgan fingerprint density at radius 2 is 2.08 bits per heavy atom. The van der Waals surface area contributed by atoms with Crippen molar-refractivity contribution in [1.82, 2.24) is 4.90 Å². The van der Waals surface area contributed by atoms with Gasteiger partial charge in [-0.15, -0.1) is 6.58 Å². The van der Waals surface area contributed by atoms with Gasteiger partial charge in [0, 0.05) is 11.5 Å². The molecule has 0 aromatic heterocycles. The summed E-state index contributed by atoms with van der Waals surface area (Å²) in [5.74, 6) is 0.919. The maximum atomic E-state index is 4.05. The van der Waals surface area contributed by atoms with Gasteiger partial charge in [-0.2, -0.15) is 0 Å². The van der Waals surface area contributed by atoms with Gasteiger partial charge >= 0.3 is 0 Å². The van der Waals surface area contributed by atoms with Gasteiger partial charge < -0.3 is 4.90 Å². The second-order valence-electron chi connectivity index (χ2n) is 4.93. The molecule has 0 aliphatic heterocycles. The topological polar surface area (TPSA) is 3.24 Å². The SMILES string of the molecule is C=C[C@]12CCCCC[C@H]1[C@@H]2N(C)C. The van der Waals surface area contributed by atoms with E-state index in [-0.39, 0.29) is 0 Å². The summed E-state index contributed by atoms with van der Waals surface area (Å²) in [5.41, 5.74) is 0.500.